The van der Waals surface area contributed by atoms with E-state index in [4.69, 9.17) is 9.47 Å². The number of hydrogen-bond acceptors (Lipinski definition) is 5. The van der Waals surface area contributed by atoms with E-state index >= 15 is 0 Å². The lowest BCUT2D eigenvalue weighted by atomic mass is 10.1. The lowest BCUT2D eigenvalue weighted by Gasteiger charge is -2.15. The first kappa shape index (κ1) is 31.6. The summed E-state index contributed by atoms with van der Waals surface area (Å²) in [4.78, 5) is 23.8. The molecule has 1 N–H and O–H groups in total. The molecule has 33 heavy (non-hydrogen) atoms. The zero-order valence-corrected chi connectivity index (χ0v) is 21.7. The Morgan fingerprint density at radius 3 is 1.73 bits per heavy atom. The summed E-state index contributed by atoms with van der Waals surface area (Å²) >= 11 is 0. The van der Waals surface area contributed by atoms with Gasteiger partial charge in [0.15, 0.2) is 6.10 Å². The van der Waals surface area contributed by atoms with Gasteiger partial charge in [0.2, 0.25) is 0 Å². The van der Waals surface area contributed by atoms with Crippen LogP contribution in [-0.4, -0.2) is 36.4 Å². The number of aliphatic hydroxyl groups is 1. The van der Waals surface area contributed by atoms with Crippen molar-refractivity contribution in [3.63, 3.8) is 0 Å². The van der Waals surface area contributed by atoms with E-state index in [1.54, 1.807) is 0 Å². The molecule has 0 aliphatic heterocycles. The van der Waals surface area contributed by atoms with E-state index < -0.39 is 6.10 Å². The monoisotopic (exact) mass is 468 g/mol. The van der Waals surface area contributed by atoms with Crippen molar-refractivity contribution < 1.29 is 24.2 Å². The van der Waals surface area contributed by atoms with Gasteiger partial charge in [0.25, 0.3) is 0 Å². The molecule has 0 rings (SSSR count). The highest BCUT2D eigenvalue weighted by molar-refractivity contribution is 5.70. The fraction of sp³-hybridized carbons (Fsp3) is 0.857. The lowest BCUT2D eigenvalue weighted by molar-refractivity contribution is -0.161. The van der Waals surface area contributed by atoms with Crippen molar-refractivity contribution in [2.45, 2.75) is 142 Å². The minimum Gasteiger partial charge on any atom is -0.462 e. The van der Waals surface area contributed by atoms with Crippen LogP contribution >= 0.6 is 0 Å². The Kier molecular flexibility index (Phi) is 24.2. The Bertz CT molecular complexity index is 475. The summed E-state index contributed by atoms with van der Waals surface area (Å²) in [5.74, 6) is -0.609. The first-order valence-electron chi connectivity index (χ1n) is 13.7. The standard InChI is InChI=1S/C28H52O5/c1-3-5-7-9-11-13-14-15-17-19-21-23-28(31)33-26(24-29)25-32-27(30)22-20-18-16-12-10-8-6-4-2/h9,11,26,29H,3-8,10,12-25H2,1-2H3/b11-9-. The second-order valence-electron chi connectivity index (χ2n) is 9.12. The fourth-order valence-electron chi connectivity index (χ4n) is 3.65. The average Bonchev–Trinajstić information content (AvgIpc) is 2.81. The smallest absolute Gasteiger partial charge is 0.306 e. The maximum absolute atomic E-state index is 12.0. The summed E-state index contributed by atoms with van der Waals surface area (Å²) < 4.78 is 10.4. The Morgan fingerprint density at radius 1 is 0.667 bits per heavy atom. The molecule has 0 aromatic rings. The first-order valence-corrected chi connectivity index (χ1v) is 13.7. The van der Waals surface area contributed by atoms with E-state index in [1.165, 1.54) is 64.2 Å². The molecule has 0 fully saturated rings. The second kappa shape index (κ2) is 25.3. The van der Waals surface area contributed by atoms with E-state index in [2.05, 4.69) is 26.0 Å². The maximum Gasteiger partial charge on any atom is 0.306 e. The molecule has 0 spiro atoms. The van der Waals surface area contributed by atoms with E-state index in [9.17, 15) is 14.7 Å². The van der Waals surface area contributed by atoms with Gasteiger partial charge >= 0.3 is 11.9 Å². The summed E-state index contributed by atoms with van der Waals surface area (Å²) in [6, 6.07) is 0. The summed E-state index contributed by atoms with van der Waals surface area (Å²) in [7, 11) is 0. The molecule has 0 aromatic heterocycles. The summed E-state index contributed by atoms with van der Waals surface area (Å²) in [5, 5.41) is 9.41. The number of allylic oxidation sites excluding steroid dienone is 2. The highest BCUT2D eigenvalue weighted by Gasteiger charge is 2.16. The summed E-state index contributed by atoms with van der Waals surface area (Å²) in [5.41, 5.74) is 0. The van der Waals surface area contributed by atoms with Crippen LogP contribution in [-0.2, 0) is 19.1 Å². The Balaban J connectivity index is 3.64. The largest absolute Gasteiger partial charge is 0.462 e. The summed E-state index contributed by atoms with van der Waals surface area (Å²) in [6.07, 6.45) is 24.1. The molecule has 1 unspecified atom stereocenters. The molecular weight excluding hydrogens is 416 g/mol. The van der Waals surface area contributed by atoms with E-state index in [1.807, 2.05) is 0 Å². The fourth-order valence-corrected chi connectivity index (χ4v) is 3.65. The molecule has 0 aliphatic rings. The SMILES string of the molecule is CCCC/C=C\CCCCCCCC(=O)OC(CO)COC(=O)CCCCCCCCCC. The molecule has 0 saturated heterocycles. The number of esters is 2. The number of ether oxygens (including phenoxy) is 2. The highest BCUT2D eigenvalue weighted by atomic mass is 16.6. The predicted octanol–water partition coefficient (Wildman–Crippen LogP) is 7.44. The van der Waals surface area contributed by atoms with Crippen molar-refractivity contribution in [3.05, 3.63) is 12.2 Å². The molecule has 0 amide bonds. The third-order valence-electron chi connectivity index (χ3n) is 5.81. The van der Waals surface area contributed by atoms with Gasteiger partial charge in [0, 0.05) is 12.8 Å². The van der Waals surface area contributed by atoms with Gasteiger partial charge in [0.1, 0.15) is 6.61 Å². The predicted molar refractivity (Wildman–Crippen MR) is 136 cm³/mol. The first-order chi connectivity index (χ1) is 16.1. The molecule has 0 aromatic carbocycles. The number of unbranched alkanes of at least 4 members (excludes halogenated alkanes) is 14. The van der Waals surface area contributed by atoms with Crippen molar-refractivity contribution in [1.29, 1.82) is 0 Å². The number of carbonyl (C=O) groups is 2. The minimum atomic E-state index is -0.764. The van der Waals surface area contributed by atoms with Crippen LogP contribution in [0.2, 0.25) is 0 Å². The topological polar surface area (TPSA) is 72.8 Å². The van der Waals surface area contributed by atoms with Crippen molar-refractivity contribution in [2.24, 2.45) is 0 Å². The maximum atomic E-state index is 12.0. The van der Waals surface area contributed by atoms with Crippen molar-refractivity contribution in [3.8, 4) is 0 Å². The normalized spacial score (nSPS) is 12.2. The van der Waals surface area contributed by atoms with E-state index in [-0.39, 0.29) is 25.2 Å². The third-order valence-corrected chi connectivity index (χ3v) is 5.81. The zero-order valence-electron chi connectivity index (χ0n) is 21.7. The molecule has 194 valence electrons. The molecule has 0 bridgehead atoms. The van der Waals surface area contributed by atoms with Gasteiger partial charge < -0.3 is 14.6 Å². The average molecular weight is 469 g/mol. The quantitative estimate of drug-likeness (QED) is 0.0905. The van der Waals surface area contributed by atoms with Crippen LogP contribution in [0.4, 0.5) is 0 Å². The number of rotatable bonds is 24. The van der Waals surface area contributed by atoms with Gasteiger partial charge in [-0.05, 0) is 32.1 Å². The zero-order chi connectivity index (χ0) is 24.4. The van der Waals surface area contributed by atoms with Crippen LogP contribution in [0.5, 0.6) is 0 Å². The molecule has 1 atom stereocenters. The van der Waals surface area contributed by atoms with E-state index in [0.717, 1.165) is 44.9 Å². The number of carbonyl (C=O) groups excluding carboxylic acids is 2. The minimum absolute atomic E-state index is 0.0656. The van der Waals surface area contributed by atoms with Crippen LogP contribution in [0.15, 0.2) is 12.2 Å². The Hall–Kier alpha value is -1.36. The van der Waals surface area contributed by atoms with E-state index in [0.29, 0.717) is 12.8 Å². The number of aliphatic hydroxyl groups excluding tert-OH is 1. The van der Waals surface area contributed by atoms with Gasteiger partial charge in [-0.3, -0.25) is 9.59 Å². The van der Waals surface area contributed by atoms with Crippen molar-refractivity contribution >= 4 is 11.9 Å². The van der Waals surface area contributed by atoms with Gasteiger partial charge in [-0.15, -0.1) is 0 Å². The van der Waals surface area contributed by atoms with Crippen LogP contribution < -0.4 is 0 Å². The molecule has 0 heterocycles. The molecule has 0 saturated carbocycles. The van der Waals surface area contributed by atoms with Gasteiger partial charge in [-0.25, -0.2) is 0 Å². The van der Waals surface area contributed by atoms with Crippen LogP contribution in [0.3, 0.4) is 0 Å². The van der Waals surface area contributed by atoms with Crippen LogP contribution in [0.25, 0.3) is 0 Å². The molecule has 0 radical (unpaired) electrons. The van der Waals surface area contributed by atoms with Gasteiger partial charge in [-0.1, -0.05) is 103 Å². The molecule has 5 nitrogen and oxygen atoms in total. The number of hydrogen-bond donors (Lipinski definition) is 1. The summed E-state index contributed by atoms with van der Waals surface area (Å²) in [6.45, 7) is 4.03. The second-order valence-corrected chi connectivity index (χ2v) is 9.12. The Morgan fingerprint density at radius 2 is 1.15 bits per heavy atom. The lowest BCUT2D eigenvalue weighted by Crippen LogP contribution is -2.28. The third kappa shape index (κ3) is 23.6. The van der Waals surface area contributed by atoms with Gasteiger partial charge in [0.05, 0.1) is 6.61 Å². The van der Waals surface area contributed by atoms with Crippen molar-refractivity contribution in [1.82, 2.24) is 0 Å². The van der Waals surface area contributed by atoms with Crippen LogP contribution in [0.1, 0.15) is 136 Å². The van der Waals surface area contributed by atoms with Gasteiger partial charge in [-0.2, -0.15) is 0 Å². The Labute approximate surface area is 203 Å². The molecule has 0 aliphatic carbocycles. The molecular formula is C28H52O5. The highest BCUT2D eigenvalue weighted by Crippen LogP contribution is 2.11. The molecule has 5 heteroatoms. The van der Waals surface area contributed by atoms with Crippen LogP contribution in [0, 0.1) is 0 Å². The van der Waals surface area contributed by atoms with Crippen molar-refractivity contribution in [2.75, 3.05) is 13.2 Å².